The van der Waals surface area contributed by atoms with Crippen LogP contribution in [0.3, 0.4) is 0 Å². The fourth-order valence-corrected chi connectivity index (χ4v) is 5.48. The molecule has 8 N–H and O–H groups in total. The molecule has 3 aliphatic carbocycles. The third-order valence-electron chi connectivity index (χ3n) is 6.97. The first-order valence-electron chi connectivity index (χ1n) is 10.6. The highest BCUT2D eigenvalue weighted by molar-refractivity contribution is 6.22. The van der Waals surface area contributed by atoms with Gasteiger partial charge in [0.25, 0.3) is 5.91 Å². The summed E-state index contributed by atoms with van der Waals surface area (Å²) in [6.07, 6.45) is 1.58. The Bertz CT molecular complexity index is 1130. The predicted octanol–water partition coefficient (Wildman–Crippen LogP) is 0.835. The average Bonchev–Trinajstić information content (AvgIpc) is 2.72. The number of primary amides is 1. The van der Waals surface area contributed by atoms with Crippen molar-refractivity contribution in [2.75, 3.05) is 0 Å². The third-order valence-corrected chi connectivity index (χ3v) is 6.97. The van der Waals surface area contributed by atoms with Crippen molar-refractivity contribution in [3.8, 4) is 5.75 Å². The van der Waals surface area contributed by atoms with E-state index in [9.17, 15) is 34.8 Å². The van der Waals surface area contributed by atoms with Gasteiger partial charge >= 0.3 is 0 Å². The van der Waals surface area contributed by atoms with E-state index in [0.717, 1.165) is 12.0 Å². The summed E-state index contributed by atoms with van der Waals surface area (Å²) in [6.45, 7) is 2.02. The minimum absolute atomic E-state index is 0.0233. The lowest BCUT2D eigenvalue weighted by atomic mass is 9.59. The molecule has 0 unspecified atom stereocenters. The van der Waals surface area contributed by atoms with Gasteiger partial charge in [-0.1, -0.05) is 19.4 Å². The number of carbonyl (C=O) groups excluding carboxylic acids is 3. The summed E-state index contributed by atoms with van der Waals surface area (Å²) in [4.78, 5) is 37.5. The number of hydrogen-bond donors (Lipinski definition) is 6. The second-order valence-corrected chi connectivity index (χ2v) is 8.76. The number of Topliss-reactive ketones (excluding diaryl/α,β-unsaturated/α-hetero) is 2. The van der Waals surface area contributed by atoms with Gasteiger partial charge in [-0.2, -0.15) is 0 Å². The molecule has 3 atom stereocenters. The van der Waals surface area contributed by atoms with Gasteiger partial charge in [0.05, 0.1) is 5.56 Å². The maximum atomic E-state index is 13.5. The van der Waals surface area contributed by atoms with Crippen LogP contribution in [0, 0.1) is 11.8 Å². The van der Waals surface area contributed by atoms with Gasteiger partial charge in [-0.15, -0.1) is 0 Å². The summed E-state index contributed by atoms with van der Waals surface area (Å²) in [5.41, 5.74) is 9.56. The largest absolute Gasteiger partial charge is 0.508 e. The number of rotatable bonds is 4. The van der Waals surface area contributed by atoms with E-state index in [1.165, 1.54) is 0 Å². The monoisotopic (exact) mass is 442 g/mol. The molecule has 1 aromatic carbocycles. The second kappa shape index (κ2) is 7.46. The maximum absolute atomic E-state index is 13.5. The standard InChI is InChI=1S/C23H26N2O7/c1-2-3-9-4-11(8-24)18(27)16-13(9)6-10-5-12-7-14(26)17(22(25)31)21(30)23(12,32)20(29)15(10)19(16)28/h4,10,12,27-28,30,32H,2-3,5-8,24H2,1H3,(H2,25,31)/t10-,12+,23+/m1/s1. The number of fused-ring (bicyclic) bond motifs is 3. The number of ketones is 2. The summed E-state index contributed by atoms with van der Waals surface area (Å²) in [5, 5.41) is 43.7. The van der Waals surface area contributed by atoms with E-state index in [-0.39, 0.29) is 36.3 Å². The molecule has 9 nitrogen and oxygen atoms in total. The third kappa shape index (κ3) is 2.81. The summed E-state index contributed by atoms with van der Waals surface area (Å²) < 4.78 is 0. The zero-order valence-electron chi connectivity index (χ0n) is 17.6. The summed E-state index contributed by atoms with van der Waals surface area (Å²) >= 11 is 0. The van der Waals surface area contributed by atoms with Crippen LogP contribution in [0.4, 0.5) is 0 Å². The smallest absolute Gasteiger partial charge is 0.255 e. The number of aliphatic hydroxyl groups is 3. The van der Waals surface area contributed by atoms with E-state index in [4.69, 9.17) is 11.5 Å². The summed E-state index contributed by atoms with van der Waals surface area (Å²) in [7, 11) is 0. The number of phenols is 1. The quantitative estimate of drug-likeness (QED) is 0.370. The molecule has 0 bridgehead atoms. The van der Waals surface area contributed by atoms with E-state index in [0.29, 0.717) is 24.0 Å². The molecule has 0 aliphatic heterocycles. The maximum Gasteiger partial charge on any atom is 0.255 e. The summed E-state index contributed by atoms with van der Waals surface area (Å²) in [5.74, 6) is -6.27. The zero-order valence-corrected chi connectivity index (χ0v) is 17.6. The molecule has 0 saturated heterocycles. The van der Waals surface area contributed by atoms with Crippen molar-refractivity contribution >= 4 is 23.2 Å². The molecular weight excluding hydrogens is 416 g/mol. The summed E-state index contributed by atoms with van der Waals surface area (Å²) in [6, 6.07) is 1.80. The number of benzene rings is 1. The number of hydrogen-bond acceptors (Lipinski definition) is 8. The van der Waals surface area contributed by atoms with Crippen LogP contribution in [-0.4, -0.2) is 43.5 Å². The number of amides is 1. The van der Waals surface area contributed by atoms with E-state index in [2.05, 4.69) is 0 Å². The molecule has 0 heterocycles. The Kier molecular flexibility index (Phi) is 5.14. The van der Waals surface area contributed by atoms with Gasteiger partial charge in [-0.25, -0.2) is 0 Å². The Morgan fingerprint density at radius 1 is 1.19 bits per heavy atom. The first-order chi connectivity index (χ1) is 15.1. The van der Waals surface area contributed by atoms with Crippen LogP contribution < -0.4 is 11.5 Å². The lowest BCUT2D eigenvalue weighted by Gasteiger charge is -2.46. The van der Waals surface area contributed by atoms with Crippen LogP contribution in [0.25, 0.3) is 5.76 Å². The van der Waals surface area contributed by atoms with E-state index in [1.807, 2.05) is 6.92 Å². The molecule has 0 spiro atoms. The second-order valence-electron chi connectivity index (χ2n) is 8.76. The van der Waals surface area contributed by atoms with Crippen molar-refractivity contribution in [3.63, 3.8) is 0 Å². The molecule has 0 aromatic heterocycles. The van der Waals surface area contributed by atoms with Gasteiger partial charge < -0.3 is 31.9 Å². The lowest BCUT2D eigenvalue weighted by molar-refractivity contribution is -0.147. The molecule has 3 aliphatic rings. The number of aryl methyl sites for hydroxylation is 1. The number of aliphatic hydroxyl groups excluding tert-OH is 2. The Morgan fingerprint density at radius 3 is 2.47 bits per heavy atom. The predicted molar refractivity (Wildman–Crippen MR) is 113 cm³/mol. The van der Waals surface area contributed by atoms with E-state index in [1.54, 1.807) is 6.07 Å². The van der Waals surface area contributed by atoms with Gasteiger partial charge in [0.2, 0.25) is 5.78 Å². The van der Waals surface area contributed by atoms with Crippen LogP contribution in [0.5, 0.6) is 5.75 Å². The van der Waals surface area contributed by atoms with Gasteiger partial charge in [0, 0.05) is 30.0 Å². The highest BCUT2D eigenvalue weighted by atomic mass is 16.3. The first kappa shape index (κ1) is 22.0. The molecule has 1 amide bonds. The normalized spacial score (nSPS) is 27.2. The molecule has 170 valence electrons. The molecule has 1 fully saturated rings. The number of phenolic OH excluding ortho intramolecular Hbond substituents is 1. The minimum atomic E-state index is -2.55. The highest BCUT2D eigenvalue weighted by Crippen LogP contribution is 2.52. The fourth-order valence-electron chi connectivity index (χ4n) is 5.48. The van der Waals surface area contributed by atoms with Crippen LogP contribution in [0.1, 0.15) is 48.4 Å². The molecule has 0 radical (unpaired) electrons. The van der Waals surface area contributed by atoms with Crippen LogP contribution >= 0.6 is 0 Å². The van der Waals surface area contributed by atoms with Crippen LogP contribution in [0.15, 0.2) is 23.0 Å². The molecule has 1 saturated carbocycles. The van der Waals surface area contributed by atoms with Crippen molar-refractivity contribution in [2.45, 2.75) is 51.2 Å². The zero-order chi connectivity index (χ0) is 23.5. The fraction of sp³-hybridized carbons (Fsp3) is 0.435. The lowest BCUT2D eigenvalue weighted by Crippen LogP contribution is -2.58. The van der Waals surface area contributed by atoms with Crippen LogP contribution in [-0.2, 0) is 33.8 Å². The minimum Gasteiger partial charge on any atom is -0.508 e. The Morgan fingerprint density at radius 2 is 1.88 bits per heavy atom. The first-order valence-corrected chi connectivity index (χ1v) is 10.6. The number of nitrogens with two attached hydrogens (primary N) is 2. The number of carbonyl (C=O) groups is 3. The molecule has 9 heteroatoms. The topological polar surface area (TPSA) is 184 Å². The molecule has 1 aromatic rings. The number of aromatic hydroxyl groups is 1. The highest BCUT2D eigenvalue weighted by Gasteiger charge is 2.60. The van der Waals surface area contributed by atoms with Crippen LogP contribution in [0.2, 0.25) is 0 Å². The van der Waals surface area contributed by atoms with Gasteiger partial charge in [0.15, 0.2) is 11.4 Å². The Labute approximate surface area is 184 Å². The van der Waals surface area contributed by atoms with Crippen molar-refractivity contribution in [2.24, 2.45) is 23.3 Å². The molecule has 32 heavy (non-hydrogen) atoms. The van der Waals surface area contributed by atoms with Gasteiger partial charge in [-0.3, -0.25) is 14.4 Å². The SMILES string of the molecule is CCCc1cc(CN)c(O)c2c1C[C@H]1C[C@H]3CC(=O)C(C(N)=O)=C(O)[C@@]3(O)C(=O)C1=C2O. The van der Waals surface area contributed by atoms with E-state index < -0.39 is 52.0 Å². The average molecular weight is 442 g/mol. The Hall–Kier alpha value is -3.17. The van der Waals surface area contributed by atoms with Gasteiger partial charge in [-0.05, 0) is 36.3 Å². The van der Waals surface area contributed by atoms with Crippen molar-refractivity contribution < 1.29 is 34.8 Å². The molecular formula is C23H26N2O7. The van der Waals surface area contributed by atoms with Crippen molar-refractivity contribution in [1.82, 2.24) is 0 Å². The van der Waals surface area contributed by atoms with Crippen molar-refractivity contribution in [1.29, 1.82) is 0 Å². The van der Waals surface area contributed by atoms with Crippen molar-refractivity contribution in [3.05, 3.63) is 45.2 Å². The Balaban J connectivity index is 1.95. The van der Waals surface area contributed by atoms with E-state index >= 15 is 0 Å². The van der Waals surface area contributed by atoms with Gasteiger partial charge in [0.1, 0.15) is 22.8 Å². The molecule has 4 rings (SSSR count).